The molecular formula is C26H32FN3O2. The Balaban J connectivity index is 1.59. The molecule has 1 amide bonds. The molecule has 0 radical (unpaired) electrons. The monoisotopic (exact) mass is 437 g/mol. The summed E-state index contributed by atoms with van der Waals surface area (Å²) in [5.41, 5.74) is 3.70. The fourth-order valence-electron chi connectivity index (χ4n) is 3.30. The van der Waals surface area contributed by atoms with Crippen LogP contribution in [0, 0.1) is 5.82 Å². The number of carbonyl (C=O) groups excluding carboxylic acids is 1. The van der Waals surface area contributed by atoms with E-state index in [0.29, 0.717) is 19.0 Å². The van der Waals surface area contributed by atoms with Gasteiger partial charge < -0.3 is 9.73 Å². The van der Waals surface area contributed by atoms with Crippen LogP contribution in [0.15, 0.2) is 59.2 Å². The number of nitrogens with zero attached hydrogens (tertiary/aromatic N) is 2. The molecule has 1 heterocycles. The first-order valence-corrected chi connectivity index (χ1v) is 10.9. The lowest BCUT2D eigenvalue weighted by molar-refractivity contribution is 0.0945. The summed E-state index contributed by atoms with van der Waals surface area (Å²) < 4.78 is 18.6. The highest BCUT2D eigenvalue weighted by Crippen LogP contribution is 2.23. The maximum absolute atomic E-state index is 13.0. The van der Waals surface area contributed by atoms with Crippen LogP contribution in [0.2, 0.25) is 0 Å². The Kier molecular flexibility index (Phi) is 7.46. The van der Waals surface area contributed by atoms with Crippen LogP contribution >= 0.6 is 0 Å². The fraction of sp³-hybridized carbons (Fsp3) is 0.385. The summed E-state index contributed by atoms with van der Waals surface area (Å²) in [4.78, 5) is 19.0. The molecule has 1 aromatic heterocycles. The highest BCUT2D eigenvalue weighted by Gasteiger charge is 2.18. The Morgan fingerprint density at radius 2 is 1.66 bits per heavy atom. The van der Waals surface area contributed by atoms with Gasteiger partial charge in [0.05, 0.1) is 6.54 Å². The first kappa shape index (κ1) is 23.7. The summed E-state index contributed by atoms with van der Waals surface area (Å²) in [5, 5.41) is 2.78. The molecule has 5 nitrogen and oxygen atoms in total. The van der Waals surface area contributed by atoms with Crippen molar-refractivity contribution in [3.8, 4) is 0 Å². The van der Waals surface area contributed by atoms with Crippen molar-refractivity contribution in [3.05, 3.63) is 88.9 Å². The molecule has 0 aliphatic carbocycles. The van der Waals surface area contributed by atoms with Crippen LogP contribution < -0.4 is 5.32 Å². The molecule has 0 saturated heterocycles. The van der Waals surface area contributed by atoms with Gasteiger partial charge in [0, 0.05) is 19.1 Å². The third-order valence-corrected chi connectivity index (χ3v) is 5.42. The normalized spacial score (nSPS) is 11.9. The smallest absolute Gasteiger partial charge is 0.273 e. The molecule has 0 aliphatic rings. The SMILES string of the molecule is CC(C)N(Cc1ccc(C(C)(C)C)cc1)Cc1nc(C(=O)NCc2ccc(F)cc2)co1. The summed E-state index contributed by atoms with van der Waals surface area (Å²) in [5.74, 6) is -0.129. The molecule has 0 spiro atoms. The number of carbonyl (C=O) groups is 1. The van der Waals surface area contributed by atoms with Gasteiger partial charge in [-0.05, 0) is 48.1 Å². The highest BCUT2D eigenvalue weighted by atomic mass is 19.1. The minimum absolute atomic E-state index is 0.127. The lowest BCUT2D eigenvalue weighted by atomic mass is 9.87. The predicted octanol–water partition coefficient (Wildman–Crippen LogP) is 5.45. The number of halogens is 1. The standard InChI is InChI=1S/C26H32FN3O2/c1-18(2)30(15-20-6-10-21(11-7-20)26(3,4)5)16-24-29-23(17-32-24)25(31)28-14-19-8-12-22(27)13-9-19/h6-13,17-18H,14-16H2,1-5H3,(H,28,31). The van der Waals surface area contributed by atoms with E-state index >= 15 is 0 Å². The van der Waals surface area contributed by atoms with Gasteiger partial charge >= 0.3 is 0 Å². The number of amides is 1. The first-order chi connectivity index (χ1) is 15.1. The van der Waals surface area contributed by atoms with Gasteiger partial charge in [-0.15, -0.1) is 0 Å². The Morgan fingerprint density at radius 1 is 1.03 bits per heavy atom. The summed E-state index contributed by atoms with van der Waals surface area (Å²) in [6.07, 6.45) is 1.38. The van der Waals surface area contributed by atoms with Gasteiger partial charge in [-0.1, -0.05) is 57.2 Å². The molecule has 3 rings (SSSR count). The second kappa shape index (κ2) is 10.1. The zero-order valence-electron chi connectivity index (χ0n) is 19.5. The van der Waals surface area contributed by atoms with Crippen LogP contribution in [0.25, 0.3) is 0 Å². The average molecular weight is 438 g/mol. The lowest BCUT2D eigenvalue weighted by Crippen LogP contribution is -2.30. The molecule has 0 saturated carbocycles. The summed E-state index contributed by atoms with van der Waals surface area (Å²) in [7, 11) is 0. The van der Waals surface area contributed by atoms with E-state index in [4.69, 9.17) is 4.42 Å². The molecule has 0 aliphatic heterocycles. The highest BCUT2D eigenvalue weighted by molar-refractivity contribution is 5.91. The maximum atomic E-state index is 13.0. The van der Waals surface area contributed by atoms with Crippen molar-refractivity contribution in [1.29, 1.82) is 0 Å². The molecule has 1 N–H and O–H groups in total. The van der Waals surface area contributed by atoms with Gasteiger partial charge in [-0.25, -0.2) is 9.37 Å². The van der Waals surface area contributed by atoms with E-state index in [1.807, 2.05) is 0 Å². The van der Waals surface area contributed by atoms with Gasteiger partial charge in [0.15, 0.2) is 5.69 Å². The number of rotatable bonds is 8. The van der Waals surface area contributed by atoms with E-state index in [1.165, 1.54) is 29.5 Å². The van der Waals surface area contributed by atoms with Gasteiger partial charge in [-0.3, -0.25) is 9.69 Å². The summed E-state index contributed by atoms with van der Waals surface area (Å²) in [6.45, 7) is 12.4. The first-order valence-electron chi connectivity index (χ1n) is 10.9. The van der Waals surface area contributed by atoms with Crippen molar-refractivity contribution < 1.29 is 13.6 Å². The van der Waals surface area contributed by atoms with E-state index in [1.54, 1.807) is 12.1 Å². The quantitative estimate of drug-likeness (QED) is 0.509. The molecule has 0 atom stereocenters. The van der Waals surface area contributed by atoms with Crippen molar-refractivity contribution in [2.45, 2.75) is 65.7 Å². The van der Waals surface area contributed by atoms with Gasteiger partial charge in [-0.2, -0.15) is 0 Å². The Hall–Kier alpha value is -2.99. The van der Waals surface area contributed by atoms with E-state index in [0.717, 1.165) is 12.1 Å². The molecule has 32 heavy (non-hydrogen) atoms. The minimum Gasteiger partial charge on any atom is -0.447 e. The minimum atomic E-state index is -0.321. The van der Waals surface area contributed by atoms with E-state index < -0.39 is 0 Å². The van der Waals surface area contributed by atoms with Gasteiger partial charge in [0.1, 0.15) is 12.1 Å². The summed E-state index contributed by atoms with van der Waals surface area (Å²) in [6, 6.07) is 15.0. The molecule has 170 valence electrons. The van der Waals surface area contributed by atoms with Crippen molar-refractivity contribution in [2.75, 3.05) is 0 Å². The molecule has 6 heteroatoms. The maximum Gasteiger partial charge on any atom is 0.273 e. The zero-order chi connectivity index (χ0) is 23.3. The predicted molar refractivity (Wildman–Crippen MR) is 124 cm³/mol. The van der Waals surface area contributed by atoms with Crippen LogP contribution in [0.1, 0.15) is 67.7 Å². The number of nitrogens with one attached hydrogen (secondary N) is 1. The number of hydrogen-bond acceptors (Lipinski definition) is 4. The van der Waals surface area contributed by atoms with Gasteiger partial charge in [0.25, 0.3) is 5.91 Å². The number of oxazole rings is 1. The van der Waals surface area contributed by atoms with Gasteiger partial charge in [0.2, 0.25) is 5.89 Å². The average Bonchev–Trinajstić information content (AvgIpc) is 3.21. The van der Waals surface area contributed by atoms with Crippen LogP contribution in [-0.4, -0.2) is 21.8 Å². The molecular weight excluding hydrogens is 405 g/mol. The zero-order valence-corrected chi connectivity index (χ0v) is 19.5. The van der Waals surface area contributed by atoms with Crippen LogP contribution in [0.3, 0.4) is 0 Å². The van der Waals surface area contributed by atoms with Crippen molar-refractivity contribution in [1.82, 2.24) is 15.2 Å². The largest absolute Gasteiger partial charge is 0.447 e. The number of aromatic nitrogens is 1. The van der Waals surface area contributed by atoms with Crippen molar-refractivity contribution in [3.63, 3.8) is 0 Å². The van der Waals surface area contributed by atoms with E-state index in [2.05, 4.69) is 74.1 Å². The number of hydrogen-bond donors (Lipinski definition) is 1. The van der Waals surface area contributed by atoms with Crippen molar-refractivity contribution in [2.24, 2.45) is 0 Å². The van der Waals surface area contributed by atoms with Crippen LogP contribution in [0.4, 0.5) is 4.39 Å². The molecule has 0 unspecified atom stereocenters. The molecule has 0 fully saturated rings. The molecule has 2 aromatic carbocycles. The third-order valence-electron chi connectivity index (χ3n) is 5.42. The molecule has 0 bridgehead atoms. The van der Waals surface area contributed by atoms with Crippen LogP contribution in [0.5, 0.6) is 0 Å². The topological polar surface area (TPSA) is 58.4 Å². The van der Waals surface area contributed by atoms with E-state index in [9.17, 15) is 9.18 Å². The summed E-state index contributed by atoms with van der Waals surface area (Å²) >= 11 is 0. The Labute approximate surface area is 189 Å². The fourth-order valence-corrected chi connectivity index (χ4v) is 3.30. The van der Waals surface area contributed by atoms with E-state index in [-0.39, 0.29) is 28.9 Å². The third kappa shape index (κ3) is 6.50. The molecule has 3 aromatic rings. The van der Waals surface area contributed by atoms with Crippen LogP contribution in [-0.2, 0) is 25.0 Å². The number of benzene rings is 2. The second-order valence-corrected chi connectivity index (χ2v) is 9.38. The second-order valence-electron chi connectivity index (χ2n) is 9.38. The van der Waals surface area contributed by atoms with Crippen molar-refractivity contribution >= 4 is 5.91 Å². The lowest BCUT2D eigenvalue weighted by Gasteiger charge is -2.25. The Morgan fingerprint density at radius 3 is 2.25 bits per heavy atom. The Bertz CT molecular complexity index is 1020.